The summed E-state index contributed by atoms with van der Waals surface area (Å²) in [4.78, 5) is 6.58. The van der Waals surface area contributed by atoms with E-state index in [1.165, 1.54) is 19.3 Å². The molecule has 2 aromatic rings. The van der Waals surface area contributed by atoms with Gasteiger partial charge in [-0.05, 0) is 37.5 Å². The molecule has 1 aromatic heterocycles. The summed E-state index contributed by atoms with van der Waals surface area (Å²) >= 11 is 3.45. The normalized spacial score (nSPS) is 15.7. The second-order valence-corrected chi connectivity index (χ2v) is 5.63. The Balaban J connectivity index is 1.92. The van der Waals surface area contributed by atoms with Gasteiger partial charge in [0.2, 0.25) is 11.9 Å². The number of aromatic nitrogens is 3. The number of rotatable bonds is 2. The number of nitrogens with zero attached hydrogens (tertiary/aromatic N) is 4. The Labute approximate surface area is 120 Å². The van der Waals surface area contributed by atoms with Crippen molar-refractivity contribution in [2.24, 2.45) is 0 Å². The zero-order valence-corrected chi connectivity index (χ0v) is 12.2. The van der Waals surface area contributed by atoms with Crippen LogP contribution in [0.1, 0.15) is 19.3 Å². The number of anilines is 2. The van der Waals surface area contributed by atoms with Gasteiger partial charge in [0.1, 0.15) is 0 Å². The van der Waals surface area contributed by atoms with Gasteiger partial charge in [-0.2, -0.15) is 9.67 Å². The van der Waals surface area contributed by atoms with E-state index in [1.54, 1.807) is 4.68 Å². The van der Waals surface area contributed by atoms with Gasteiger partial charge in [0.25, 0.3) is 0 Å². The topological polar surface area (TPSA) is 60.0 Å². The molecular formula is C13H16BrN5. The molecule has 19 heavy (non-hydrogen) atoms. The lowest BCUT2D eigenvalue weighted by atomic mass is 10.1. The van der Waals surface area contributed by atoms with Crippen molar-refractivity contribution in [3.05, 3.63) is 28.7 Å². The van der Waals surface area contributed by atoms with E-state index < -0.39 is 0 Å². The molecule has 100 valence electrons. The van der Waals surface area contributed by atoms with Crippen LogP contribution < -0.4 is 10.6 Å². The number of nitrogens with two attached hydrogens (primary N) is 1. The zero-order chi connectivity index (χ0) is 13.2. The third-order valence-electron chi connectivity index (χ3n) is 3.31. The fourth-order valence-electron chi connectivity index (χ4n) is 2.34. The van der Waals surface area contributed by atoms with Crippen LogP contribution in [-0.2, 0) is 0 Å². The second-order valence-electron chi connectivity index (χ2n) is 4.71. The molecule has 1 aliphatic rings. The highest BCUT2D eigenvalue weighted by molar-refractivity contribution is 9.10. The highest BCUT2D eigenvalue weighted by Crippen LogP contribution is 2.21. The number of hydrogen-bond donors (Lipinski definition) is 1. The number of hydrogen-bond acceptors (Lipinski definition) is 4. The van der Waals surface area contributed by atoms with E-state index in [0.717, 1.165) is 29.2 Å². The molecule has 0 bridgehead atoms. The first-order valence-corrected chi connectivity index (χ1v) is 7.27. The van der Waals surface area contributed by atoms with Crippen molar-refractivity contribution in [3.63, 3.8) is 0 Å². The Bertz CT molecular complexity index is 574. The molecule has 2 heterocycles. The number of piperidine rings is 1. The Morgan fingerprint density at radius 1 is 1.16 bits per heavy atom. The quantitative estimate of drug-likeness (QED) is 0.923. The monoisotopic (exact) mass is 321 g/mol. The molecule has 1 saturated heterocycles. The summed E-state index contributed by atoms with van der Waals surface area (Å²) in [7, 11) is 0. The van der Waals surface area contributed by atoms with Crippen molar-refractivity contribution in [1.29, 1.82) is 0 Å². The molecule has 1 aromatic carbocycles. The molecular weight excluding hydrogens is 306 g/mol. The van der Waals surface area contributed by atoms with E-state index in [4.69, 9.17) is 5.73 Å². The Kier molecular flexibility index (Phi) is 3.42. The van der Waals surface area contributed by atoms with Gasteiger partial charge in [0.15, 0.2) is 0 Å². The largest absolute Gasteiger partial charge is 0.368 e. The van der Waals surface area contributed by atoms with E-state index in [1.807, 2.05) is 24.3 Å². The molecule has 0 atom stereocenters. The van der Waals surface area contributed by atoms with Crippen molar-refractivity contribution >= 4 is 27.8 Å². The van der Waals surface area contributed by atoms with Gasteiger partial charge in [-0.25, -0.2) is 0 Å². The van der Waals surface area contributed by atoms with Crippen molar-refractivity contribution in [1.82, 2.24) is 14.8 Å². The fourth-order valence-corrected chi connectivity index (χ4v) is 2.73. The van der Waals surface area contributed by atoms with Crippen molar-refractivity contribution in [2.75, 3.05) is 23.7 Å². The van der Waals surface area contributed by atoms with Gasteiger partial charge in [-0.3, -0.25) is 0 Å². The van der Waals surface area contributed by atoms with E-state index in [-0.39, 0.29) is 0 Å². The Morgan fingerprint density at radius 2 is 1.95 bits per heavy atom. The summed E-state index contributed by atoms with van der Waals surface area (Å²) in [6, 6.07) is 7.88. The molecule has 5 nitrogen and oxygen atoms in total. The molecule has 0 radical (unpaired) electrons. The van der Waals surface area contributed by atoms with Crippen LogP contribution in [0.4, 0.5) is 11.9 Å². The molecule has 0 amide bonds. The van der Waals surface area contributed by atoms with Crippen LogP contribution in [0.5, 0.6) is 0 Å². The lowest BCUT2D eigenvalue weighted by molar-refractivity contribution is 0.568. The van der Waals surface area contributed by atoms with Crippen LogP contribution in [-0.4, -0.2) is 27.9 Å². The first-order valence-electron chi connectivity index (χ1n) is 6.47. The van der Waals surface area contributed by atoms with Crippen LogP contribution in [0.2, 0.25) is 0 Å². The maximum absolute atomic E-state index is 5.98. The van der Waals surface area contributed by atoms with Crippen LogP contribution in [0.25, 0.3) is 5.69 Å². The molecule has 3 rings (SSSR count). The van der Waals surface area contributed by atoms with Gasteiger partial charge < -0.3 is 10.6 Å². The molecule has 0 saturated carbocycles. The average molecular weight is 322 g/mol. The summed E-state index contributed by atoms with van der Waals surface area (Å²) in [5.74, 6) is 1.16. The maximum Gasteiger partial charge on any atom is 0.246 e. The predicted octanol–water partition coefficient (Wildman–Crippen LogP) is 2.60. The van der Waals surface area contributed by atoms with Crippen molar-refractivity contribution in [2.45, 2.75) is 19.3 Å². The van der Waals surface area contributed by atoms with Gasteiger partial charge in [-0.1, -0.05) is 22.0 Å². The third kappa shape index (κ3) is 2.58. The molecule has 6 heteroatoms. The lowest BCUT2D eigenvalue weighted by Gasteiger charge is -2.24. The van der Waals surface area contributed by atoms with Crippen LogP contribution in [0.3, 0.4) is 0 Å². The number of halogens is 1. The van der Waals surface area contributed by atoms with Gasteiger partial charge in [0, 0.05) is 17.6 Å². The van der Waals surface area contributed by atoms with E-state index in [2.05, 4.69) is 30.9 Å². The summed E-state index contributed by atoms with van der Waals surface area (Å²) in [6.07, 6.45) is 3.69. The van der Waals surface area contributed by atoms with E-state index >= 15 is 0 Å². The second kappa shape index (κ2) is 5.21. The maximum atomic E-state index is 5.98. The van der Waals surface area contributed by atoms with Crippen LogP contribution >= 0.6 is 15.9 Å². The highest BCUT2D eigenvalue weighted by atomic mass is 79.9. The van der Waals surface area contributed by atoms with E-state index in [0.29, 0.717) is 5.95 Å². The average Bonchev–Trinajstić information content (AvgIpc) is 2.82. The van der Waals surface area contributed by atoms with Crippen LogP contribution in [0.15, 0.2) is 28.7 Å². The van der Waals surface area contributed by atoms with Crippen molar-refractivity contribution < 1.29 is 0 Å². The molecule has 2 N–H and O–H groups in total. The first kappa shape index (κ1) is 12.5. The van der Waals surface area contributed by atoms with Gasteiger partial charge in [-0.15, -0.1) is 5.10 Å². The Hall–Kier alpha value is -1.56. The van der Waals surface area contributed by atoms with Crippen LogP contribution in [0, 0.1) is 0 Å². The molecule has 1 aliphatic heterocycles. The molecule has 0 unspecified atom stereocenters. The first-order chi connectivity index (χ1) is 9.24. The smallest absolute Gasteiger partial charge is 0.246 e. The predicted molar refractivity (Wildman–Crippen MR) is 79.5 cm³/mol. The molecule has 0 spiro atoms. The number of benzene rings is 1. The zero-order valence-electron chi connectivity index (χ0n) is 10.6. The molecule has 1 fully saturated rings. The third-order valence-corrected chi connectivity index (χ3v) is 3.81. The van der Waals surface area contributed by atoms with Gasteiger partial charge >= 0.3 is 0 Å². The SMILES string of the molecule is Nc1nc(N2CCCCC2)nn1-c1cccc(Br)c1. The highest BCUT2D eigenvalue weighted by Gasteiger charge is 2.17. The number of nitrogen functional groups attached to an aromatic ring is 1. The van der Waals surface area contributed by atoms with Crippen molar-refractivity contribution in [3.8, 4) is 5.69 Å². The summed E-state index contributed by atoms with van der Waals surface area (Å²) < 4.78 is 2.69. The summed E-state index contributed by atoms with van der Waals surface area (Å²) in [5, 5.41) is 4.53. The summed E-state index contributed by atoms with van der Waals surface area (Å²) in [5.41, 5.74) is 6.90. The van der Waals surface area contributed by atoms with E-state index in [9.17, 15) is 0 Å². The lowest BCUT2D eigenvalue weighted by Crippen LogP contribution is -2.30. The Morgan fingerprint density at radius 3 is 2.68 bits per heavy atom. The standard InChI is InChI=1S/C13H16BrN5/c14-10-5-4-6-11(9-10)19-12(15)16-13(17-19)18-7-2-1-3-8-18/h4-6,9H,1-3,7-8H2,(H2,15,16,17). The minimum Gasteiger partial charge on any atom is -0.368 e. The minimum atomic E-state index is 0.429. The minimum absolute atomic E-state index is 0.429. The molecule has 0 aliphatic carbocycles. The van der Waals surface area contributed by atoms with Gasteiger partial charge in [0.05, 0.1) is 5.69 Å². The fraction of sp³-hybridized carbons (Fsp3) is 0.385. The summed E-state index contributed by atoms with van der Waals surface area (Å²) in [6.45, 7) is 2.03.